The third-order valence-corrected chi connectivity index (χ3v) is 5.33. The molecule has 140 valence electrons. The van der Waals surface area contributed by atoms with Crippen LogP contribution in [-0.2, 0) is 17.9 Å². The number of rotatable bonds is 8. The number of halogens is 1. The number of carbonyl (C=O) groups is 1. The average Bonchev–Trinajstić information content (AvgIpc) is 3.02. The van der Waals surface area contributed by atoms with Crippen molar-refractivity contribution >= 4 is 33.7 Å². The van der Waals surface area contributed by atoms with Crippen LogP contribution >= 0.6 is 27.7 Å². The molecule has 8 heteroatoms. The molecule has 0 saturated heterocycles. The largest absolute Gasteiger partial charge is 0.486 e. The van der Waals surface area contributed by atoms with E-state index in [1.165, 1.54) is 11.8 Å². The van der Waals surface area contributed by atoms with Crippen molar-refractivity contribution in [1.29, 1.82) is 0 Å². The van der Waals surface area contributed by atoms with Gasteiger partial charge >= 0.3 is 5.97 Å². The number of carboxylic acid groups (broad SMARTS) is 1. The maximum Gasteiger partial charge on any atom is 0.316 e. The lowest BCUT2D eigenvalue weighted by molar-refractivity contribution is -0.136. The number of aromatic nitrogens is 3. The van der Waals surface area contributed by atoms with Crippen LogP contribution in [0.4, 0.5) is 0 Å². The molecule has 1 heterocycles. The van der Waals surface area contributed by atoms with Gasteiger partial charge in [-0.3, -0.25) is 9.36 Å². The van der Waals surface area contributed by atoms with Crippen molar-refractivity contribution in [1.82, 2.24) is 14.8 Å². The van der Waals surface area contributed by atoms with E-state index in [4.69, 9.17) is 4.74 Å². The first kappa shape index (κ1) is 19.4. The Morgan fingerprint density at radius 3 is 2.70 bits per heavy atom. The highest BCUT2D eigenvalue weighted by Gasteiger charge is 2.20. The molecule has 27 heavy (non-hydrogen) atoms. The van der Waals surface area contributed by atoms with Gasteiger partial charge < -0.3 is 9.84 Å². The molecule has 1 N–H and O–H groups in total. The topological polar surface area (TPSA) is 77.2 Å². The summed E-state index contributed by atoms with van der Waals surface area (Å²) in [6.07, 6.45) is 0. The molecule has 1 aromatic heterocycles. The van der Waals surface area contributed by atoms with E-state index in [1.807, 2.05) is 59.2 Å². The van der Waals surface area contributed by atoms with Gasteiger partial charge in [0, 0.05) is 4.47 Å². The molecule has 6 nitrogen and oxygen atoms in total. The molecule has 3 aromatic rings. The second-order valence-corrected chi connectivity index (χ2v) is 8.04. The third kappa shape index (κ3) is 5.33. The van der Waals surface area contributed by atoms with Gasteiger partial charge in [-0.1, -0.05) is 64.1 Å². The highest BCUT2D eigenvalue weighted by Crippen LogP contribution is 2.24. The molecule has 3 rings (SSSR count). The molecule has 0 radical (unpaired) electrons. The number of aliphatic carboxylic acids is 1. The van der Waals surface area contributed by atoms with Gasteiger partial charge in [0.2, 0.25) is 0 Å². The molecule has 0 saturated carbocycles. The highest BCUT2D eigenvalue weighted by molar-refractivity contribution is 9.10. The average molecular weight is 448 g/mol. The Hall–Kier alpha value is -2.32. The summed E-state index contributed by atoms with van der Waals surface area (Å²) in [6, 6.07) is 17.5. The number of carboxylic acids is 1. The fourth-order valence-electron chi connectivity index (χ4n) is 2.35. The van der Waals surface area contributed by atoms with Crippen LogP contribution in [-0.4, -0.2) is 31.1 Å². The van der Waals surface area contributed by atoms with E-state index in [1.54, 1.807) is 6.92 Å². The second-order valence-electron chi connectivity index (χ2n) is 5.81. The van der Waals surface area contributed by atoms with Crippen LogP contribution in [0.1, 0.15) is 18.3 Å². The van der Waals surface area contributed by atoms with Crippen molar-refractivity contribution in [2.24, 2.45) is 0 Å². The molecular weight excluding hydrogens is 430 g/mol. The first-order valence-corrected chi connectivity index (χ1v) is 9.94. The summed E-state index contributed by atoms with van der Waals surface area (Å²) in [6.45, 7) is 2.41. The van der Waals surface area contributed by atoms with E-state index >= 15 is 0 Å². The quantitative estimate of drug-likeness (QED) is 0.520. The number of nitrogens with zero attached hydrogens (tertiary/aromatic N) is 3. The standard InChI is InChI=1S/C19H18BrN3O3S/c1-13(18(24)25)27-19-22-21-17(12-26-16-9-5-8-15(20)10-16)23(19)11-14-6-3-2-4-7-14/h2-10,13H,11-12H2,1H3,(H,24,25)/t13-/m0/s1. The van der Waals surface area contributed by atoms with Crippen molar-refractivity contribution in [3.8, 4) is 5.75 Å². The first-order chi connectivity index (χ1) is 13.0. The summed E-state index contributed by atoms with van der Waals surface area (Å²) in [5, 5.41) is 17.5. The molecule has 0 unspecified atom stereocenters. The van der Waals surface area contributed by atoms with E-state index in [0.717, 1.165) is 10.0 Å². The van der Waals surface area contributed by atoms with Crippen molar-refractivity contribution in [3.63, 3.8) is 0 Å². The summed E-state index contributed by atoms with van der Waals surface area (Å²) in [5.41, 5.74) is 1.07. The molecule has 0 aliphatic heterocycles. The van der Waals surface area contributed by atoms with Gasteiger partial charge in [0.15, 0.2) is 11.0 Å². The maximum atomic E-state index is 11.2. The Bertz CT molecular complexity index is 918. The minimum Gasteiger partial charge on any atom is -0.486 e. The summed E-state index contributed by atoms with van der Waals surface area (Å²) in [5.74, 6) is 0.465. The van der Waals surface area contributed by atoms with Crippen LogP contribution in [0, 0.1) is 0 Å². The number of benzene rings is 2. The van der Waals surface area contributed by atoms with Crippen LogP contribution in [0.2, 0.25) is 0 Å². The highest BCUT2D eigenvalue weighted by atomic mass is 79.9. The number of hydrogen-bond acceptors (Lipinski definition) is 5. The van der Waals surface area contributed by atoms with Gasteiger partial charge in [-0.2, -0.15) is 0 Å². The predicted molar refractivity (Wildman–Crippen MR) is 107 cm³/mol. The zero-order chi connectivity index (χ0) is 19.2. The Kier molecular flexibility index (Phi) is 6.52. The number of hydrogen-bond donors (Lipinski definition) is 1. The molecule has 1 atom stereocenters. The lowest BCUT2D eigenvalue weighted by Crippen LogP contribution is -2.14. The minimum absolute atomic E-state index is 0.234. The van der Waals surface area contributed by atoms with E-state index in [9.17, 15) is 9.90 Å². The summed E-state index contributed by atoms with van der Waals surface area (Å²) < 4.78 is 8.67. The Labute approximate surface area is 169 Å². The first-order valence-electron chi connectivity index (χ1n) is 8.27. The van der Waals surface area contributed by atoms with Gasteiger partial charge in [0.05, 0.1) is 6.54 Å². The Balaban J connectivity index is 1.83. The molecule has 0 amide bonds. The molecule has 2 aromatic carbocycles. The second kappa shape index (κ2) is 9.05. The van der Waals surface area contributed by atoms with Crippen LogP contribution in [0.25, 0.3) is 0 Å². The third-order valence-electron chi connectivity index (χ3n) is 3.77. The van der Waals surface area contributed by atoms with Crippen LogP contribution in [0.3, 0.4) is 0 Å². The Morgan fingerprint density at radius 2 is 2.00 bits per heavy atom. The van der Waals surface area contributed by atoms with Gasteiger partial charge in [-0.25, -0.2) is 0 Å². The van der Waals surface area contributed by atoms with Crippen molar-refractivity contribution in [2.75, 3.05) is 0 Å². The smallest absolute Gasteiger partial charge is 0.316 e. The van der Waals surface area contributed by atoms with Crippen LogP contribution in [0.5, 0.6) is 5.75 Å². The zero-order valence-electron chi connectivity index (χ0n) is 14.6. The van der Waals surface area contributed by atoms with Gasteiger partial charge in [-0.15, -0.1) is 10.2 Å². The van der Waals surface area contributed by atoms with Gasteiger partial charge in [0.25, 0.3) is 0 Å². The van der Waals surface area contributed by atoms with Crippen molar-refractivity contribution in [2.45, 2.75) is 30.5 Å². The Morgan fingerprint density at radius 1 is 1.22 bits per heavy atom. The maximum absolute atomic E-state index is 11.2. The van der Waals surface area contributed by atoms with E-state index in [-0.39, 0.29) is 6.61 Å². The van der Waals surface area contributed by atoms with Crippen molar-refractivity contribution in [3.05, 3.63) is 70.5 Å². The molecular formula is C19H18BrN3O3S. The molecule has 0 aliphatic carbocycles. The van der Waals surface area contributed by atoms with E-state index in [2.05, 4.69) is 26.1 Å². The SMILES string of the molecule is C[C@H](Sc1nnc(COc2cccc(Br)c2)n1Cc1ccccc1)C(=O)O. The molecule has 0 fully saturated rings. The summed E-state index contributed by atoms with van der Waals surface area (Å²) >= 11 is 4.59. The minimum atomic E-state index is -0.888. The molecule has 0 bridgehead atoms. The number of thioether (sulfide) groups is 1. The fraction of sp³-hybridized carbons (Fsp3) is 0.211. The van der Waals surface area contributed by atoms with Gasteiger partial charge in [0.1, 0.15) is 17.6 Å². The lowest BCUT2D eigenvalue weighted by Gasteiger charge is -2.12. The van der Waals surface area contributed by atoms with Crippen molar-refractivity contribution < 1.29 is 14.6 Å². The number of ether oxygens (including phenoxy) is 1. The monoisotopic (exact) mass is 447 g/mol. The zero-order valence-corrected chi connectivity index (χ0v) is 17.0. The predicted octanol–water partition coefficient (Wildman–Crippen LogP) is 4.23. The van der Waals surface area contributed by atoms with Crippen LogP contribution in [0.15, 0.2) is 64.2 Å². The summed E-state index contributed by atoms with van der Waals surface area (Å²) in [7, 11) is 0. The molecule has 0 aliphatic rings. The normalized spacial score (nSPS) is 11.9. The van der Waals surface area contributed by atoms with Crippen LogP contribution < -0.4 is 4.74 Å². The lowest BCUT2D eigenvalue weighted by atomic mass is 10.2. The van der Waals surface area contributed by atoms with Gasteiger partial charge in [-0.05, 0) is 30.7 Å². The summed E-state index contributed by atoms with van der Waals surface area (Å²) in [4.78, 5) is 11.2. The van der Waals surface area contributed by atoms with E-state index in [0.29, 0.717) is 23.3 Å². The fourth-order valence-corrected chi connectivity index (χ4v) is 3.53. The van der Waals surface area contributed by atoms with E-state index < -0.39 is 11.2 Å². The molecule has 0 spiro atoms.